The predicted molar refractivity (Wildman–Crippen MR) is 49.3 cm³/mol. The Morgan fingerprint density at radius 2 is 2.00 bits per heavy atom. The van der Waals surface area contributed by atoms with E-state index in [-0.39, 0.29) is 12.2 Å². The quantitative estimate of drug-likeness (QED) is 0.577. The molecule has 0 saturated heterocycles. The molecule has 0 fully saturated rings. The van der Waals surface area contributed by atoms with Gasteiger partial charge >= 0.3 is 5.97 Å². The highest BCUT2D eigenvalue weighted by Gasteiger charge is 2.18. The lowest BCUT2D eigenvalue weighted by Crippen LogP contribution is -2.17. The summed E-state index contributed by atoms with van der Waals surface area (Å²) in [7, 11) is 0. The minimum Gasteiger partial charge on any atom is -0.481 e. The Labute approximate surface area is 78.1 Å². The molecule has 3 N–H and O–H groups in total. The van der Waals surface area contributed by atoms with Gasteiger partial charge in [-0.05, 0) is 26.3 Å². The third kappa shape index (κ3) is 6.28. The Kier molecular flexibility index (Phi) is 6.14. The molecule has 4 nitrogen and oxygen atoms in total. The Bertz CT molecular complexity index is 180. The van der Waals surface area contributed by atoms with Gasteiger partial charge in [0.1, 0.15) is 5.78 Å². The topological polar surface area (TPSA) is 80.4 Å². The average molecular weight is 187 g/mol. The lowest BCUT2D eigenvalue weighted by Gasteiger charge is -2.09. The van der Waals surface area contributed by atoms with Gasteiger partial charge in [-0.25, -0.2) is 0 Å². The molecule has 0 radical (unpaired) electrons. The van der Waals surface area contributed by atoms with E-state index in [0.29, 0.717) is 13.0 Å². The van der Waals surface area contributed by atoms with Crippen LogP contribution in [0.5, 0.6) is 0 Å². The summed E-state index contributed by atoms with van der Waals surface area (Å²) in [5, 5.41) is 8.74. The Hall–Kier alpha value is -0.900. The fraction of sp³-hybridized carbons (Fsp3) is 0.778. The molecule has 0 aromatic carbocycles. The van der Waals surface area contributed by atoms with Crippen molar-refractivity contribution in [3.63, 3.8) is 0 Å². The molecule has 0 rings (SSSR count). The second-order valence-electron chi connectivity index (χ2n) is 3.23. The van der Waals surface area contributed by atoms with Crippen molar-refractivity contribution >= 4 is 11.8 Å². The van der Waals surface area contributed by atoms with Gasteiger partial charge in [0.15, 0.2) is 0 Å². The maximum atomic E-state index is 10.7. The van der Waals surface area contributed by atoms with E-state index in [2.05, 4.69) is 0 Å². The van der Waals surface area contributed by atoms with Gasteiger partial charge in [0.25, 0.3) is 0 Å². The molecule has 13 heavy (non-hydrogen) atoms. The number of hydrogen-bond acceptors (Lipinski definition) is 3. The number of carboxylic acids is 1. The van der Waals surface area contributed by atoms with Crippen LogP contribution in [0, 0.1) is 5.92 Å². The molecular weight excluding hydrogens is 170 g/mol. The van der Waals surface area contributed by atoms with E-state index in [9.17, 15) is 9.59 Å². The third-order valence-corrected chi connectivity index (χ3v) is 1.89. The Balaban J connectivity index is 3.81. The van der Waals surface area contributed by atoms with Crippen molar-refractivity contribution in [1.29, 1.82) is 0 Å². The highest BCUT2D eigenvalue weighted by atomic mass is 16.4. The van der Waals surface area contributed by atoms with Crippen LogP contribution in [0.1, 0.15) is 32.6 Å². The van der Waals surface area contributed by atoms with Crippen molar-refractivity contribution in [2.75, 3.05) is 6.54 Å². The summed E-state index contributed by atoms with van der Waals surface area (Å²) in [4.78, 5) is 21.3. The van der Waals surface area contributed by atoms with Crippen LogP contribution in [-0.2, 0) is 9.59 Å². The third-order valence-electron chi connectivity index (χ3n) is 1.89. The monoisotopic (exact) mass is 187 g/mol. The summed E-state index contributed by atoms with van der Waals surface area (Å²) >= 11 is 0. The SMILES string of the molecule is CC(=O)C[C@@H](CCCCN)C(=O)O. The lowest BCUT2D eigenvalue weighted by atomic mass is 9.97. The van der Waals surface area contributed by atoms with Gasteiger partial charge in [-0.3, -0.25) is 4.79 Å². The van der Waals surface area contributed by atoms with Gasteiger partial charge in [0, 0.05) is 6.42 Å². The average Bonchev–Trinajstić information content (AvgIpc) is 2.02. The molecule has 76 valence electrons. The van der Waals surface area contributed by atoms with Crippen molar-refractivity contribution in [3.05, 3.63) is 0 Å². The number of nitrogens with two attached hydrogens (primary N) is 1. The molecule has 0 aromatic heterocycles. The standard InChI is InChI=1S/C9H17NO3/c1-7(11)6-8(9(12)13)4-2-3-5-10/h8H,2-6,10H2,1H3,(H,12,13)/t8-/m1/s1. The number of carbonyl (C=O) groups excluding carboxylic acids is 1. The van der Waals surface area contributed by atoms with Crippen LogP contribution in [0.15, 0.2) is 0 Å². The molecule has 0 aliphatic rings. The number of carboxylic acid groups (broad SMARTS) is 1. The molecule has 0 aliphatic heterocycles. The number of ketones is 1. The minimum atomic E-state index is -0.882. The van der Waals surface area contributed by atoms with E-state index in [1.807, 2.05) is 0 Å². The zero-order valence-corrected chi connectivity index (χ0v) is 7.95. The molecule has 0 amide bonds. The Morgan fingerprint density at radius 3 is 2.38 bits per heavy atom. The zero-order chi connectivity index (χ0) is 10.3. The van der Waals surface area contributed by atoms with Gasteiger partial charge in [-0.2, -0.15) is 0 Å². The second-order valence-corrected chi connectivity index (χ2v) is 3.23. The number of carbonyl (C=O) groups is 2. The van der Waals surface area contributed by atoms with Crippen molar-refractivity contribution in [1.82, 2.24) is 0 Å². The van der Waals surface area contributed by atoms with Crippen LogP contribution in [-0.4, -0.2) is 23.4 Å². The first-order chi connectivity index (χ1) is 6.07. The molecule has 4 heteroatoms. The summed E-state index contributed by atoms with van der Waals surface area (Å²) in [6.07, 6.45) is 2.29. The van der Waals surface area contributed by atoms with Crippen LogP contribution in [0.3, 0.4) is 0 Å². The molecule has 0 unspecified atom stereocenters. The van der Waals surface area contributed by atoms with Crippen LogP contribution >= 0.6 is 0 Å². The molecule has 0 spiro atoms. The second kappa shape index (κ2) is 6.60. The van der Waals surface area contributed by atoms with Gasteiger partial charge in [-0.15, -0.1) is 0 Å². The first-order valence-corrected chi connectivity index (χ1v) is 4.50. The van der Waals surface area contributed by atoms with Gasteiger partial charge in [-0.1, -0.05) is 6.42 Å². The smallest absolute Gasteiger partial charge is 0.306 e. The predicted octanol–water partition coefficient (Wildman–Crippen LogP) is 0.795. The summed E-state index contributed by atoms with van der Waals surface area (Å²) < 4.78 is 0. The van der Waals surface area contributed by atoms with Crippen LogP contribution in [0.25, 0.3) is 0 Å². The maximum absolute atomic E-state index is 10.7. The summed E-state index contributed by atoms with van der Waals surface area (Å²) in [6.45, 7) is 1.99. The van der Waals surface area contributed by atoms with E-state index in [1.165, 1.54) is 6.92 Å². The minimum absolute atomic E-state index is 0.0693. The fourth-order valence-electron chi connectivity index (χ4n) is 1.19. The normalized spacial score (nSPS) is 12.5. The van der Waals surface area contributed by atoms with Crippen molar-refractivity contribution in [2.24, 2.45) is 11.7 Å². The van der Waals surface area contributed by atoms with Gasteiger partial charge < -0.3 is 15.6 Å². The Morgan fingerprint density at radius 1 is 1.38 bits per heavy atom. The number of hydrogen-bond donors (Lipinski definition) is 2. The molecule has 1 atom stereocenters. The van der Waals surface area contributed by atoms with Gasteiger partial charge in [0.2, 0.25) is 0 Å². The summed E-state index contributed by atoms with van der Waals surface area (Å²) in [5.74, 6) is -1.48. The van der Waals surface area contributed by atoms with E-state index in [1.54, 1.807) is 0 Å². The lowest BCUT2D eigenvalue weighted by molar-refractivity contribution is -0.143. The van der Waals surface area contributed by atoms with E-state index < -0.39 is 11.9 Å². The number of Topliss-reactive ketones (excluding diaryl/α,β-unsaturated/α-hetero) is 1. The van der Waals surface area contributed by atoms with Gasteiger partial charge in [0.05, 0.1) is 5.92 Å². The van der Waals surface area contributed by atoms with Crippen LogP contribution < -0.4 is 5.73 Å². The molecule has 0 bridgehead atoms. The number of rotatable bonds is 7. The molecule has 0 heterocycles. The summed E-state index contributed by atoms with van der Waals surface area (Å²) in [5.41, 5.74) is 5.28. The number of aliphatic carboxylic acids is 1. The van der Waals surface area contributed by atoms with Crippen LogP contribution in [0.4, 0.5) is 0 Å². The molecular formula is C9H17NO3. The van der Waals surface area contributed by atoms with Crippen molar-refractivity contribution in [3.8, 4) is 0 Å². The first-order valence-electron chi connectivity index (χ1n) is 4.50. The number of unbranched alkanes of at least 4 members (excludes halogenated alkanes) is 1. The first kappa shape index (κ1) is 12.1. The fourth-order valence-corrected chi connectivity index (χ4v) is 1.19. The highest BCUT2D eigenvalue weighted by Crippen LogP contribution is 2.13. The molecule has 0 aliphatic carbocycles. The molecule has 0 saturated carbocycles. The largest absolute Gasteiger partial charge is 0.481 e. The van der Waals surface area contributed by atoms with E-state index in [4.69, 9.17) is 10.8 Å². The van der Waals surface area contributed by atoms with Crippen molar-refractivity contribution in [2.45, 2.75) is 32.6 Å². The maximum Gasteiger partial charge on any atom is 0.306 e. The molecule has 0 aromatic rings. The van der Waals surface area contributed by atoms with Crippen LogP contribution in [0.2, 0.25) is 0 Å². The van der Waals surface area contributed by atoms with Crippen molar-refractivity contribution < 1.29 is 14.7 Å². The van der Waals surface area contributed by atoms with E-state index in [0.717, 1.165) is 12.8 Å². The highest BCUT2D eigenvalue weighted by molar-refractivity contribution is 5.81. The zero-order valence-electron chi connectivity index (χ0n) is 7.95. The summed E-state index contributed by atoms with van der Waals surface area (Å²) in [6, 6.07) is 0. The van der Waals surface area contributed by atoms with E-state index >= 15 is 0 Å².